The number of fused-ring (bicyclic) bond motifs is 1. The Balaban J connectivity index is 1.85. The highest BCUT2D eigenvalue weighted by Gasteiger charge is 2.19. The Hall–Kier alpha value is -0.750. The maximum absolute atomic E-state index is 11.5. The van der Waals surface area contributed by atoms with Crippen LogP contribution in [0.25, 0.3) is 10.1 Å². The van der Waals surface area contributed by atoms with Crippen molar-refractivity contribution >= 4 is 32.2 Å². The topological polar surface area (TPSA) is 32.3 Å². The summed E-state index contributed by atoms with van der Waals surface area (Å²) in [6.45, 7) is 6.99. The molecule has 2 aromatic rings. The predicted molar refractivity (Wildman–Crippen MR) is 92.4 cm³/mol. The monoisotopic (exact) mass is 322 g/mol. The third-order valence-electron chi connectivity index (χ3n) is 3.97. The molecule has 0 saturated carbocycles. The van der Waals surface area contributed by atoms with Crippen LogP contribution in [0.4, 0.5) is 0 Å². The Kier molecular flexibility index (Phi) is 5.06. The summed E-state index contributed by atoms with van der Waals surface area (Å²) in [5.74, 6) is 1.65. The van der Waals surface area contributed by atoms with Gasteiger partial charge in [-0.05, 0) is 23.6 Å². The molecular formula is C16H22N2OS2. The average molecular weight is 322 g/mol. The predicted octanol–water partition coefficient (Wildman–Crippen LogP) is 2.58. The zero-order valence-corrected chi connectivity index (χ0v) is 14.1. The van der Waals surface area contributed by atoms with Gasteiger partial charge in [0.05, 0.1) is 0 Å². The van der Waals surface area contributed by atoms with Gasteiger partial charge in [0.2, 0.25) is 0 Å². The molecule has 114 valence electrons. The van der Waals surface area contributed by atoms with E-state index < -0.39 is 10.8 Å². The summed E-state index contributed by atoms with van der Waals surface area (Å²) in [7, 11) is -0.598. The van der Waals surface area contributed by atoms with Crippen molar-refractivity contribution in [2.45, 2.75) is 20.0 Å². The lowest BCUT2D eigenvalue weighted by Gasteiger charge is -2.26. The summed E-state index contributed by atoms with van der Waals surface area (Å²) in [5, 5.41) is 4.84. The number of rotatable bonds is 5. The van der Waals surface area contributed by atoms with E-state index in [0.717, 1.165) is 44.2 Å². The van der Waals surface area contributed by atoms with Gasteiger partial charge in [-0.3, -0.25) is 9.11 Å². The number of nitrogens with zero attached hydrogens (tertiary/aromatic N) is 1. The highest BCUT2D eigenvalue weighted by atomic mass is 32.2. The Bertz CT molecular complexity index is 628. The molecule has 21 heavy (non-hydrogen) atoms. The van der Waals surface area contributed by atoms with Crippen molar-refractivity contribution in [3.8, 4) is 0 Å². The van der Waals surface area contributed by atoms with Gasteiger partial charge in [-0.1, -0.05) is 25.1 Å². The van der Waals surface area contributed by atoms with E-state index in [1.165, 1.54) is 20.5 Å². The van der Waals surface area contributed by atoms with Crippen LogP contribution in [-0.4, -0.2) is 40.2 Å². The molecule has 0 radical (unpaired) electrons. The molecule has 1 saturated heterocycles. The standard InChI is InChI=1S/C16H22N2OS2/c1-2-17-11-16-14(12-18-7-9-21(19)10-8-18)13-5-3-4-6-15(13)20-16/h3-6,17H,2,7-12H2,1H3. The number of thiophene rings is 1. The van der Waals surface area contributed by atoms with E-state index in [1.807, 2.05) is 11.3 Å². The number of nitrogens with one attached hydrogen (secondary N) is 1. The molecule has 3 rings (SSSR count). The Morgan fingerprint density at radius 2 is 2.05 bits per heavy atom. The Morgan fingerprint density at radius 3 is 2.81 bits per heavy atom. The molecule has 1 N–H and O–H groups in total. The summed E-state index contributed by atoms with van der Waals surface area (Å²) in [6, 6.07) is 8.69. The maximum atomic E-state index is 11.5. The second-order valence-corrected chi connectivity index (χ2v) is 8.24. The van der Waals surface area contributed by atoms with Crippen LogP contribution < -0.4 is 5.32 Å². The van der Waals surface area contributed by atoms with Gasteiger partial charge < -0.3 is 5.32 Å². The van der Waals surface area contributed by atoms with Gasteiger partial charge in [-0.25, -0.2) is 0 Å². The van der Waals surface area contributed by atoms with Gasteiger partial charge in [0.15, 0.2) is 0 Å². The van der Waals surface area contributed by atoms with Crippen LogP contribution in [0, 0.1) is 0 Å². The molecule has 1 aliphatic rings. The van der Waals surface area contributed by atoms with Crippen LogP contribution in [0.1, 0.15) is 17.4 Å². The van der Waals surface area contributed by atoms with E-state index in [-0.39, 0.29) is 0 Å². The highest BCUT2D eigenvalue weighted by Crippen LogP contribution is 2.32. The van der Waals surface area contributed by atoms with Crippen molar-refractivity contribution < 1.29 is 4.21 Å². The van der Waals surface area contributed by atoms with Gasteiger partial charge in [-0.2, -0.15) is 0 Å². The fourth-order valence-electron chi connectivity index (χ4n) is 2.76. The molecule has 1 aromatic carbocycles. The summed E-state index contributed by atoms with van der Waals surface area (Å²) in [5.41, 5.74) is 1.46. The molecule has 1 fully saturated rings. The Labute approximate surface area is 132 Å². The first-order valence-corrected chi connectivity index (χ1v) is 9.85. The van der Waals surface area contributed by atoms with Gasteiger partial charge in [0, 0.05) is 58.1 Å². The van der Waals surface area contributed by atoms with Crippen molar-refractivity contribution in [1.29, 1.82) is 0 Å². The number of benzene rings is 1. The highest BCUT2D eigenvalue weighted by molar-refractivity contribution is 7.85. The first kappa shape index (κ1) is 15.2. The van der Waals surface area contributed by atoms with Crippen molar-refractivity contribution in [2.75, 3.05) is 31.1 Å². The molecule has 0 unspecified atom stereocenters. The van der Waals surface area contributed by atoms with Crippen molar-refractivity contribution in [1.82, 2.24) is 10.2 Å². The summed E-state index contributed by atoms with van der Waals surface area (Å²) >= 11 is 1.90. The zero-order valence-electron chi connectivity index (χ0n) is 12.4. The first-order valence-electron chi connectivity index (χ1n) is 7.55. The van der Waals surface area contributed by atoms with Crippen LogP contribution in [0.3, 0.4) is 0 Å². The van der Waals surface area contributed by atoms with Crippen LogP contribution >= 0.6 is 11.3 Å². The fourth-order valence-corrected chi connectivity index (χ4v) is 5.07. The number of hydrogen-bond donors (Lipinski definition) is 1. The lowest BCUT2D eigenvalue weighted by molar-refractivity contribution is 0.292. The molecule has 1 aliphatic heterocycles. The van der Waals surface area contributed by atoms with Crippen LogP contribution in [0.2, 0.25) is 0 Å². The minimum atomic E-state index is -0.598. The summed E-state index contributed by atoms with van der Waals surface area (Å²) in [4.78, 5) is 3.90. The van der Waals surface area contributed by atoms with E-state index in [2.05, 4.69) is 41.4 Å². The normalized spacial score (nSPS) is 17.6. The van der Waals surface area contributed by atoms with E-state index in [4.69, 9.17) is 0 Å². The fraction of sp³-hybridized carbons (Fsp3) is 0.500. The van der Waals surface area contributed by atoms with Gasteiger partial charge >= 0.3 is 0 Å². The third kappa shape index (κ3) is 3.54. The van der Waals surface area contributed by atoms with Crippen LogP contribution in [-0.2, 0) is 23.9 Å². The molecule has 0 aliphatic carbocycles. The molecular weight excluding hydrogens is 300 g/mol. The largest absolute Gasteiger partial charge is 0.312 e. The maximum Gasteiger partial charge on any atom is 0.0363 e. The summed E-state index contributed by atoms with van der Waals surface area (Å²) in [6.07, 6.45) is 0. The zero-order chi connectivity index (χ0) is 14.7. The average Bonchev–Trinajstić information content (AvgIpc) is 2.85. The second-order valence-electron chi connectivity index (χ2n) is 5.40. The van der Waals surface area contributed by atoms with Gasteiger partial charge in [0.1, 0.15) is 0 Å². The van der Waals surface area contributed by atoms with E-state index in [9.17, 15) is 4.21 Å². The van der Waals surface area contributed by atoms with E-state index in [1.54, 1.807) is 0 Å². The van der Waals surface area contributed by atoms with E-state index >= 15 is 0 Å². The van der Waals surface area contributed by atoms with Crippen LogP contribution in [0.15, 0.2) is 24.3 Å². The molecule has 3 nitrogen and oxygen atoms in total. The van der Waals surface area contributed by atoms with Gasteiger partial charge in [-0.15, -0.1) is 11.3 Å². The third-order valence-corrected chi connectivity index (χ3v) is 6.46. The molecule has 1 aromatic heterocycles. The molecule has 0 bridgehead atoms. The Morgan fingerprint density at radius 1 is 1.29 bits per heavy atom. The molecule has 0 amide bonds. The van der Waals surface area contributed by atoms with Crippen molar-refractivity contribution in [3.05, 3.63) is 34.7 Å². The summed E-state index contributed by atoms with van der Waals surface area (Å²) < 4.78 is 12.9. The first-order chi connectivity index (χ1) is 10.3. The molecule has 0 spiro atoms. The van der Waals surface area contributed by atoms with Crippen molar-refractivity contribution in [2.24, 2.45) is 0 Å². The number of hydrogen-bond acceptors (Lipinski definition) is 4. The minimum absolute atomic E-state index is 0.598. The van der Waals surface area contributed by atoms with Crippen LogP contribution in [0.5, 0.6) is 0 Å². The second kappa shape index (κ2) is 7.01. The minimum Gasteiger partial charge on any atom is -0.312 e. The lowest BCUT2D eigenvalue weighted by atomic mass is 10.1. The molecule has 2 heterocycles. The quantitative estimate of drug-likeness (QED) is 0.918. The lowest BCUT2D eigenvalue weighted by Crippen LogP contribution is -2.37. The van der Waals surface area contributed by atoms with Gasteiger partial charge in [0.25, 0.3) is 0 Å². The van der Waals surface area contributed by atoms with E-state index in [0.29, 0.717) is 0 Å². The molecule has 0 atom stereocenters. The smallest absolute Gasteiger partial charge is 0.0363 e. The van der Waals surface area contributed by atoms with Crippen molar-refractivity contribution in [3.63, 3.8) is 0 Å². The SMILES string of the molecule is CCNCc1sc2ccccc2c1CN1CCS(=O)CC1. The molecule has 5 heteroatoms.